The van der Waals surface area contributed by atoms with E-state index in [1.165, 1.54) is 5.39 Å². The SMILES string of the molecule is N#CCCn1c(COc2ccc3ccccc3c2)nc2ccccc21. The van der Waals surface area contributed by atoms with Gasteiger partial charge in [-0.3, -0.25) is 0 Å². The zero-order valence-corrected chi connectivity index (χ0v) is 13.7. The molecule has 4 rings (SSSR count). The van der Waals surface area contributed by atoms with Crippen LogP contribution in [0.4, 0.5) is 0 Å². The van der Waals surface area contributed by atoms with Gasteiger partial charge in [0.05, 0.1) is 23.5 Å². The fraction of sp³-hybridized carbons (Fsp3) is 0.143. The lowest BCUT2D eigenvalue weighted by atomic mass is 10.1. The maximum Gasteiger partial charge on any atom is 0.148 e. The Morgan fingerprint density at radius 2 is 1.76 bits per heavy atom. The number of aromatic nitrogens is 2. The van der Waals surface area contributed by atoms with Crippen molar-refractivity contribution in [3.63, 3.8) is 0 Å². The van der Waals surface area contributed by atoms with Crippen LogP contribution in [0.3, 0.4) is 0 Å². The molecule has 1 aromatic heterocycles. The molecule has 0 aliphatic carbocycles. The zero-order chi connectivity index (χ0) is 17.1. The first-order valence-corrected chi connectivity index (χ1v) is 8.28. The van der Waals surface area contributed by atoms with E-state index in [4.69, 9.17) is 10.00 Å². The summed E-state index contributed by atoms with van der Waals surface area (Å²) in [6.07, 6.45) is 0.448. The van der Waals surface area contributed by atoms with Gasteiger partial charge in [0.25, 0.3) is 0 Å². The smallest absolute Gasteiger partial charge is 0.148 e. The first-order valence-electron chi connectivity index (χ1n) is 8.28. The van der Waals surface area contributed by atoms with Crippen molar-refractivity contribution in [2.24, 2.45) is 0 Å². The highest BCUT2D eigenvalue weighted by molar-refractivity contribution is 5.83. The van der Waals surface area contributed by atoms with Crippen LogP contribution in [-0.4, -0.2) is 9.55 Å². The molecule has 4 heteroatoms. The number of para-hydroxylation sites is 2. The van der Waals surface area contributed by atoms with Gasteiger partial charge in [0.15, 0.2) is 0 Å². The first-order chi connectivity index (χ1) is 12.3. The van der Waals surface area contributed by atoms with Crippen molar-refractivity contribution in [3.05, 3.63) is 72.6 Å². The monoisotopic (exact) mass is 327 g/mol. The normalized spacial score (nSPS) is 10.8. The van der Waals surface area contributed by atoms with Gasteiger partial charge in [-0.2, -0.15) is 5.26 Å². The Hall–Kier alpha value is -3.32. The number of benzene rings is 3. The highest BCUT2D eigenvalue weighted by Gasteiger charge is 2.11. The molecule has 1 heterocycles. The van der Waals surface area contributed by atoms with Crippen molar-refractivity contribution in [3.8, 4) is 11.8 Å². The van der Waals surface area contributed by atoms with Crippen LogP contribution in [0.5, 0.6) is 5.75 Å². The van der Waals surface area contributed by atoms with Crippen molar-refractivity contribution in [2.45, 2.75) is 19.6 Å². The van der Waals surface area contributed by atoms with E-state index in [9.17, 15) is 0 Å². The lowest BCUT2D eigenvalue weighted by Crippen LogP contribution is -2.07. The summed E-state index contributed by atoms with van der Waals surface area (Å²) in [4.78, 5) is 4.67. The summed E-state index contributed by atoms with van der Waals surface area (Å²) in [6, 6.07) is 24.5. The van der Waals surface area contributed by atoms with Gasteiger partial charge >= 0.3 is 0 Å². The molecule has 0 saturated heterocycles. The van der Waals surface area contributed by atoms with Crippen LogP contribution in [0, 0.1) is 11.3 Å². The first kappa shape index (κ1) is 15.2. The van der Waals surface area contributed by atoms with E-state index in [0.29, 0.717) is 19.6 Å². The second kappa shape index (κ2) is 6.66. The van der Waals surface area contributed by atoms with Gasteiger partial charge in [0.1, 0.15) is 18.2 Å². The second-order valence-electron chi connectivity index (χ2n) is 5.87. The number of hydrogen-bond acceptors (Lipinski definition) is 3. The summed E-state index contributed by atoms with van der Waals surface area (Å²) in [5.41, 5.74) is 1.97. The number of nitriles is 1. The molecule has 0 saturated carbocycles. The third kappa shape index (κ3) is 3.05. The number of ether oxygens (including phenoxy) is 1. The molecule has 0 atom stereocenters. The third-order valence-electron chi connectivity index (χ3n) is 4.27. The van der Waals surface area contributed by atoms with Crippen LogP contribution < -0.4 is 4.74 Å². The number of fused-ring (bicyclic) bond motifs is 2. The van der Waals surface area contributed by atoms with Crippen LogP contribution >= 0.6 is 0 Å². The van der Waals surface area contributed by atoms with Crippen molar-refractivity contribution in [2.75, 3.05) is 0 Å². The minimum atomic E-state index is 0.373. The minimum absolute atomic E-state index is 0.373. The molecule has 3 aromatic carbocycles. The Morgan fingerprint density at radius 3 is 2.64 bits per heavy atom. The van der Waals surface area contributed by atoms with Crippen molar-refractivity contribution in [1.29, 1.82) is 5.26 Å². The predicted molar refractivity (Wildman–Crippen MR) is 98.2 cm³/mol. The number of hydrogen-bond donors (Lipinski definition) is 0. The molecule has 0 spiro atoms. The molecule has 4 nitrogen and oxygen atoms in total. The molecule has 0 radical (unpaired) electrons. The highest BCUT2D eigenvalue weighted by atomic mass is 16.5. The van der Waals surface area contributed by atoms with Crippen LogP contribution in [0.1, 0.15) is 12.2 Å². The molecule has 0 amide bonds. The largest absolute Gasteiger partial charge is 0.486 e. The van der Waals surface area contributed by atoms with Gasteiger partial charge in [-0.25, -0.2) is 4.98 Å². The Balaban J connectivity index is 1.62. The van der Waals surface area contributed by atoms with Crippen LogP contribution in [0.2, 0.25) is 0 Å². The zero-order valence-electron chi connectivity index (χ0n) is 13.7. The molecule has 4 aromatic rings. The maximum absolute atomic E-state index is 8.92. The number of rotatable bonds is 5. The summed E-state index contributed by atoms with van der Waals surface area (Å²) in [5, 5.41) is 11.3. The number of nitrogens with zero attached hydrogens (tertiary/aromatic N) is 3. The Kier molecular flexibility index (Phi) is 4.05. The lowest BCUT2D eigenvalue weighted by Gasteiger charge is -2.09. The van der Waals surface area contributed by atoms with Crippen LogP contribution in [0.25, 0.3) is 21.8 Å². The van der Waals surface area contributed by atoms with E-state index in [2.05, 4.69) is 33.8 Å². The van der Waals surface area contributed by atoms with Crippen LogP contribution in [0.15, 0.2) is 66.7 Å². The highest BCUT2D eigenvalue weighted by Crippen LogP contribution is 2.22. The van der Waals surface area contributed by atoms with Gasteiger partial charge in [0, 0.05) is 6.54 Å². The van der Waals surface area contributed by atoms with Crippen LogP contribution in [-0.2, 0) is 13.2 Å². The molecule has 0 unspecified atom stereocenters. The third-order valence-corrected chi connectivity index (χ3v) is 4.27. The topological polar surface area (TPSA) is 50.8 Å². The average Bonchev–Trinajstić information content (AvgIpc) is 3.02. The van der Waals surface area contributed by atoms with Crippen molar-refractivity contribution >= 4 is 21.8 Å². The summed E-state index contributed by atoms with van der Waals surface area (Å²) < 4.78 is 8.05. The van der Waals surface area contributed by atoms with E-state index >= 15 is 0 Å². The fourth-order valence-electron chi connectivity index (χ4n) is 3.05. The Bertz CT molecular complexity index is 1080. The molecule has 0 N–H and O–H groups in total. The van der Waals surface area contributed by atoms with E-state index in [0.717, 1.165) is 28.0 Å². The average molecular weight is 327 g/mol. The molecule has 25 heavy (non-hydrogen) atoms. The van der Waals surface area contributed by atoms with Crippen molar-refractivity contribution < 1.29 is 4.74 Å². The summed E-state index contributed by atoms with van der Waals surface area (Å²) >= 11 is 0. The molecule has 0 bridgehead atoms. The Morgan fingerprint density at radius 1 is 0.960 bits per heavy atom. The standard InChI is InChI=1S/C21H17N3O/c22-12-5-13-24-20-9-4-3-8-19(20)23-21(24)15-25-18-11-10-16-6-1-2-7-17(16)14-18/h1-4,6-11,14H,5,13,15H2. The Labute approximate surface area is 145 Å². The summed E-state index contributed by atoms with van der Waals surface area (Å²) in [6.45, 7) is 0.992. The van der Waals surface area contributed by atoms with Gasteiger partial charge in [0.2, 0.25) is 0 Å². The van der Waals surface area contributed by atoms with Gasteiger partial charge in [-0.05, 0) is 35.0 Å². The van der Waals surface area contributed by atoms with E-state index in [1.807, 2.05) is 48.5 Å². The van der Waals surface area contributed by atoms with Gasteiger partial charge in [-0.1, -0.05) is 42.5 Å². The van der Waals surface area contributed by atoms with E-state index in [-0.39, 0.29) is 0 Å². The molecular formula is C21H17N3O. The summed E-state index contributed by atoms with van der Waals surface area (Å²) in [5.74, 6) is 1.65. The maximum atomic E-state index is 8.92. The minimum Gasteiger partial charge on any atom is -0.486 e. The van der Waals surface area contributed by atoms with E-state index in [1.54, 1.807) is 0 Å². The molecule has 0 aliphatic rings. The molecule has 0 fully saturated rings. The fourth-order valence-corrected chi connectivity index (χ4v) is 3.05. The van der Waals surface area contributed by atoms with Crippen molar-refractivity contribution in [1.82, 2.24) is 9.55 Å². The molecule has 0 aliphatic heterocycles. The molecular weight excluding hydrogens is 310 g/mol. The summed E-state index contributed by atoms with van der Waals surface area (Å²) in [7, 11) is 0. The second-order valence-corrected chi connectivity index (χ2v) is 5.87. The number of aryl methyl sites for hydroxylation is 1. The predicted octanol–water partition coefficient (Wildman–Crippen LogP) is 4.68. The molecule has 122 valence electrons. The van der Waals surface area contributed by atoms with Gasteiger partial charge < -0.3 is 9.30 Å². The van der Waals surface area contributed by atoms with E-state index < -0.39 is 0 Å². The quantitative estimate of drug-likeness (QED) is 0.534. The van der Waals surface area contributed by atoms with Gasteiger partial charge in [-0.15, -0.1) is 0 Å². The number of imidazole rings is 1. The lowest BCUT2D eigenvalue weighted by molar-refractivity contribution is 0.290.